The van der Waals surface area contributed by atoms with Crippen LogP contribution in [-0.4, -0.2) is 12.1 Å². The van der Waals surface area contributed by atoms with Crippen molar-refractivity contribution in [3.8, 4) is 0 Å². The van der Waals surface area contributed by atoms with Crippen LogP contribution in [0.25, 0.3) is 0 Å². The largest absolute Gasteiger partial charge is 0.276 e. The second-order valence-electron chi connectivity index (χ2n) is 2.94. The molecule has 76 valence electrons. The van der Waals surface area contributed by atoms with Gasteiger partial charge >= 0.3 is 0 Å². The third-order valence-electron chi connectivity index (χ3n) is 1.85. The summed E-state index contributed by atoms with van der Waals surface area (Å²) in [7, 11) is 0. The van der Waals surface area contributed by atoms with Crippen LogP contribution in [-0.2, 0) is 0 Å². The number of hydrogen-bond acceptors (Lipinski definition) is 1. The fourth-order valence-corrected chi connectivity index (χ4v) is 1.13. The molecule has 0 saturated carbocycles. The molecule has 0 N–H and O–H groups in total. The number of alkyl halides is 2. The van der Waals surface area contributed by atoms with Crippen LogP contribution in [0.5, 0.6) is 0 Å². The first-order valence-electron chi connectivity index (χ1n) is 4.11. The van der Waals surface area contributed by atoms with Gasteiger partial charge in [-0.2, -0.15) is 0 Å². The van der Waals surface area contributed by atoms with Gasteiger partial charge in [-0.25, -0.2) is 8.78 Å². The molecule has 0 saturated heterocycles. The van der Waals surface area contributed by atoms with Crippen molar-refractivity contribution in [2.75, 3.05) is 0 Å². The Morgan fingerprint density at radius 1 is 1.43 bits per heavy atom. The molecule has 1 nitrogen and oxygen atoms in total. The quantitative estimate of drug-likeness (QED) is 0.664. The van der Waals surface area contributed by atoms with E-state index in [4.69, 9.17) is 11.6 Å². The Hall–Kier alpha value is -0.960. The molecule has 1 rings (SSSR count). The molecule has 0 heterocycles. The second-order valence-corrected chi connectivity index (χ2v) is 3.35. The number of hydrogen-bond donors (Lipinski definition) is 0. The van der Waals surface area contributed by atoms with Crippen molar-refractivity contribution in [3.63, 3.8) is 0 Å². The Morgan fingerprint density at radius 3 is 2.64 bits per heavy atom. The van der Waals surface area contributed by atoms with E-state index in [1.807, 2.05) is 0 Å². The van der Waals surface area contributed by atoms with Gasteiger partial charge in [-0.1, -0.05) is 17.7 Å². The van der Waals surface area contributed by atoms with E-state index >= 15 is 0 Å². The van der Waals surface area contributed by atoms with Crippen molar-refractivity contribution in [1.29, 1.82) is 0 Å². The molecule has 0 fully saturated rings. The monoisotopic (exact) mass is 217 g/mol. The molecule has 0 aromatic heterocycles. The minimum absolute atomic E-state index is 0.199. The molecule has 0 atom stereocenters. The molecule has 0 spiro atoms. The Balaban J connectivity index is 3.09. The van der Waals surface area contributed by atoms with Crippen LogP contribution in [0.4, 0.5) is 14.5 Å². The molecule has 1 aromatic carbocycles. The molecule has 14 heavy (non-hydrogen) atoms. The summed E-state index contributed by atoms with van der Waals surface area (Å²) in [6, 6.07) is 5.05. The third-order valence-corrected chi connectivity index (χ3v) is 2.26. The first-order valence-corrected chi connectivity index (χ1v) is 4.48. The molecule has 0 bridgehead atoms. The van der Waals surface area contributed by atoms with E-state index in [2.05, 4.69) is 4.99 Å². The van der Waals surface area contributed by atoms with Gasteiger partial charge < -0.3 is 0 Å². The SMILES string of the molecule is CC(=Nc1cccc(Cl)c1C)C(F)F. The first-order chi connectivity index (χ1) is 6.52. The van der Waals surface area contributed by atoms with Gasteiger partial charge in [0, 0.05) is 5.02 Å². The molecule has 1 aromatic rings. The Bertz CT molecular complexity index is 361. The summed E-state index contributed by atoms with van der Waals surface area (Å²) in [4.78, 5) is 3.80. The van der Waals surface area contributed by atoms with Crippen LogP contribution in [0.2, 0.25) is 5.02 Å². The first kappa shape index (κ1) is 11.1. The predicted molar refractivity (Wildman–Crippen MR) is 55.0 cm³/mol. The highest BCUT2D eigenvalue weighted by molar-refractivity contribution is 6.31. The van der Waals surface area contributed by atoms with E-state index in [9.17, 15) is 8.78 Å². The number of rotatable bonds is 2. The molecule has 0 aliphatic rings. The molecular weight excluding hydrogens is 208 g/mol. The summed E-state index contributed by atoms with van der Waals surface area (Å²) >= 11 is 5.82. The molecule has 0 unspecified atom stereocenters. The smallest absolute Gasteiger partial charge is 0.252 e. The van der Waals surface area contributed by atoms with Gasteiger partial charge in [0.15, 0.2) is 0 Å². The Kier molecular flexibility index (Phi) is 3.58. The van der Waals surface area contributed by atoms with Gasteiger partial charge in [0.2, 0.25) is 0 Å². The second kappa shape index (κ2) is 4.51. The topological polar surface area (TPSA) is 12.4 Å². The Morgan fingerprint density at radius 2 is 2.07 bits per heavy atom. The highest BCUT2D eigenvalue weighted by Gasteiger charge is 2.08. The van der Waals surface area contributed by atoms with Gasteiger partial charge in [0.1, 0.15) is 0 Å². The summed E-state index contributed by atoms with van der Waals surface area (Å²) in [5.74, 6) is 0. The Labute approximate surface area is 86.4 Å². The van der Waals surface area contributed by atoms with Crippen LogP contribution < -0.4 is 0 Å². The van der Waals surface area contributed by atoms with Gasteiger partial charge in [-0.15, -0.1) is 0 Å². The standard InChI is InChI=1S/C10H10ClF2N/c1-6-8(11)4-3-5-9(6)14-7(2)10(12)13/h3-5,10H,1-2H3. The summed E-state index contributed by atoms with van der Waals surface area (Å²) in [5, 5.41) is 0.535. The number of aliphatic imine (C=N–C) groups is 1. The zero-order chi connectivity index (χ0) is 10.7. The van der Waals surface area contributed by atoms with Gasteiger partial charge in [0.25, 0.3) is 6.43 Å². The van der Waals surface area contributed by atoms with Crippen molar-refractivity contribution < 1.29 is 8.78 Å². The van der Waals surface area contributed by atoms with Crippen molar-refractivity contribution in [3.05, 3.63) is 28.8 Å². The maximum absolute atomic E-state index is 12.2. The maximum Gasteiger partial charge on any atom is 0.276 e. The van der Waals surface area contributed by atoms with Gasteiger partial charge in [0.05, 0.1) is 11.4 Å². The van der Waals surface area contributed by atoms with Crippen molar-refractivity contribution in [2.24, 2.45) is 4.99 Å². The fraction of sp³-hybridized carbons (Fsp3) is 0.300. The zero-order valence-electron chi connectivity index (χ0n) is 7.89. The van der Waals surface area contributed by atoms with E-state index in [1.165, 1.54) is 6.92 Å². The van der Waals surface area contributed by atoms with Gasteiger partial charge in [-0.05, 0) is 31.5 Å². The lowest BCUT2D eigenvalue weighted by atomic mass is 10.2. The third kappa shape index (κ3) is 2.51. The van der Waals surface area contributed by atoms with Crippen LogP contribution in [0.1, 0.15) is 12.5 Å². The summed E-state index contributed by atoms with van der Waals surface area (Å²) in [6.07, 6.45) is -2.52. The number of nitrogens with zero attached hydrogens (tertiary/aromatic N) is 1. The molecular formula is C10H10ClF2N. The lowest BCUT2D eigenvalue weighted by molar-refractivity contribution is 0.225. The van der Waals surface area contributed by atoms with Crippen molar-refractivity contribution in [2.45, 2.75) is 20.3 Å². The van der Waals surface area contributed by atoms with E-state index in [0.717, 1.165) is 0 Å². The van der Waals surface area contributed by atoms with E-state index in [0.29, 0.717) is 16.3 Å². The summed E-state index contributed by atoms with van der Waals surface area (Å²) < 4.78 is 24.4. The van der Waals surface area contributed by atoms with E-state index < -0.39 is 6.43 Å². The number of benzene rings is 1. The summed E-state index contributed by atoms with van der Waals surface area (Å²) in [5.41, 5.74) is 1.01. The molecule has 4 heteroatoms. The minimum atomic E-state index is -2.52. The fourth-order valence-electron chi connectivity index (χ4n) is 0.956. The maximum atomic E-state index is 12.2. The average molecular weight is 218 g/mol. The van der Waals surface area contributed by atoms with Crippen LogP contribution >= 0.6 is 11.6 Å². The van der Waals surface area contributed by atoms with Gasteiger partial charge in [-0.3, -0.25) is 4.99 Å². The zero-order valence-corrected chi connectivity index (χ0v) is 8.65. The van der Waals surface area contributed by atoms with Crippen LogP contribution in [0.15, 0.2) is 23.2 Å². The predicted octanol–water partition coefficient (Wildman–Crippen LogP) is 4.01. The molecule has 0 aliphatic heterocycles. The van der Waals surface area contributed by atoms with E-state index in [1.54, 1.807) is 25.1 Å². The molecule has 0 radical (unpaired) electrons. The lowest BCUT2D eigenvalue weighted by Gasteiger charge is -2.03. The number of halogens is 3. The molecule has 0 amide bonds. The lowest BCUT2D eigenvalue weighted by Crippen LogP contribution is -2.04. The highest BCUT2D eigenvalue weighted by Crippen LogP contribution is 2.25. The van der Waals surface area contributed by atoms with E-state index in [-0.39, 0.29) is 5.71 Å². The van der Waals surface area contributed by atoms with Crippen molar-refractivity contribution >= 4 is 23.0 Å². The van der Waals surface area contributed by atoms with Crippen LogP contribution in [0.3, 0.4) is 0 Å². The minimum Gasteiger partial charge on any atom is -0.252 e. The summed E-state index contributed by atoms with van der Waals surface area (Å²) in [6.45, 7) is 3.05. The highest BCUT2D eigenvalue weighted by atomic mass is 35.5. The normalized spacial score (nSPS) is 12.3. The van der Waals surface area contributed by atoms with Crippen LogP contribution in [0, 0.1) is 6.92 Å². The van der Waals surface area contributed by atoms with Crippen molar-refractivity contribution in [1.82, 2.24) is 0 Å². The molecule has 0 aliphatic carbocycles. The average Bonchev–Trinajstić information content (AvgIpc) is 2.12.